The summed E-state index contributed by atoms with van der Waals surface area (Å²) in [5, 5.41) is 3.23. The van der Waals surface area contributed by atoms with Crippen molar-refractivity contribution in [2.45, 2.75) is 6.92 Å². The molecule has 0 bridgehead atoms. The highest BCUT2D eigenvalue weighted by Crippen LogP contribution is 1.90. The van der Waals surface area contributed by atoms with Crippen LogP contribution in [0.2, 0.25) is 0 Å². The summed E-state index contributed by atoms with van der Waals surface area (Å²) >= 11 is 0. The standard InChI is InChI=1S/C7H14N2O/c1-7(10)6-9-4-2-8-3-5-9/h8H,2-6H2,1H3/i6+1,10+2. The Morgan fingerprint density at radius 1 is 1.50 bits per heavy atom. The summed E-state index contributed by atoms with van der Waals surface area (Å²) in [5.74, 6) is 0.266. The molecule has 1 fully saturated rings. The summed E-state index contributed by atoms with van der Waals surface area (Å²) in [5.41, 5.74) is 0. The Bertz CT molecular complexity index is 119. The summed E-state index contributed by atoms with van der Waals surface area (Å²) in [6, 6.07) is 0. The Morgan fingerprint density at radius 3 is 2.60 bits per heavy atom. The Kier molecular flexibility index (Phi) is 2.83. The van der Waals surface area contributed by atoms with Crippen molar-refractivity contribution in [2.24, 2.45) is 0 Å². The minimum absolute atomic E-state index is 0.266. The highest BCUT2D eigenvalue weighted by atomic mass is 18.1. The zero-order chi connectivity index (χ0) is 7.40. The average Bonchev–Trinajstić information content (AvgIpc) is 1.88. The van der Waals surface area contributed by atoms with Crippen LogP contribution in [-0.4, -0.2) is 43.4 Å². The molecule has 58 valence electrons. The molecule has 1 heterocycles. The molecule has 0 aromatic carbocycles. The number of carbonyl (C=O) groups is 1. The van der Waals surface area contributed by atoms with Gasteiger partial charge in [-0.3, -0.25) is 9.69 Å². The second kappa shape index (κ2) is 3.68. The molecule has 0 aliphatic carbocycles. The normalized spacial score (nSPS) is 20.9. The molecule has 0 radical (unpaired) electrons. The van der Waals surface area contributed by atoms with Gasteiger partial charge in [0.2, 0.25) is 0 Å². The molecule has 3 heteroatoms. The molecule has 0 amide bonds. The zero-order valence-corrected chi connectivity index (χ0v) is 6.39. The van der Waals surface area contributed by atoms with Gasteiger partial charge in [0.1, 0.15) is 5.78 Å². The largest absolute Gasteiger partial charge is 0.314 e. The van der Waals surface area contributed by atoms with Crippen molar-refractivity contribution in [1.82, 2.24) is 10.2 Å². The average molecular weight is 145 g/mol. The summed E-state index contributed by atoms with van der Waals surface area (Å²) in [4.78, 5) is 12.8. The lowest BCUT2D eigenvalue weighted by Crippen LogP contribution is -2.45. The van der Waals surface area contributed by atoms with Gasteiger partial charge in [-0.1, -0.05) is 0 Å². The van der Waals surface area contributed by atoms with Gasteiger partial charge in [0, 0.05) is 26.2 Å². The van der Waals surface area contributed by atoms with Crippen LogP contribution in [0.25, 0.3) is 0 Å². The molecule has 1 aliphatic rings. The lowest BCUT2D eigenvalue weighted by atomic mass is 10.4. The van der Waals surface area contributed by atoms with Gasteiger partial charge in [-0.2, -0.15) is 0 Å². The van der Waals surface area contributed by atoms with E-state index in [2.05, 4.69) is 10.2 Å². The maximum absolute atomic E-state index is 10.6. The lowest BCUT2D eigenvalue weighted by molar-refractivity contribution is -0.118. The van der Waals surface area contributed by atoms with Crippen molar-refractivity contribution >= 4 is 5.78 Å². The Labute approximate surface area is 61.4 Å². The number of piperazine rings is 1. The van der Waals surface area contributed by atoms with E-state index in [1.807, 2.05) is 0 Å². The first kappa shape index (κ1) is 7.69. The third kappa shape index (κ3) is 2.45. The number of ketones is 1. The molecular weight excluding hydrogens is 131 g/mol. The fourth-order valence-corrected chi connectivity index (χ4v) is 1.18. The Hall–Kier alpha value is -0.410. The predicted octanol–water partition coefficient (Wildman–Crippen LogP) is -0.519. The van der Waals surface area contributed by atoms with E-state index in [-0.39, 0.29) is 5.78 Å². The highest BCUT2D eigenvalue weighted by Gasteiger charge is 2.09. The number of nitrogens with zero attached hydrogens (tertiary/aromatic N) is 1. The van der Waals surface area contributed by atoms with Crippen LogP contribution in [-0.2, 0) is 4.79 Å². The molecule has 1 saturated heterocycles. The van der Waals surface area contributed by atoms with Crippen molar-refractivity contribution < 1.29 is 4.79 Å². The third-order valence-electron chi connectivity index (χ3n) is 1.66. The number of nitrogens with one attached hydrogen (secondary N) is 1. The van der Waals surface area contributed by atoms with Crippen molar-refractivity contribution in [3.63, 3.8) is 0 Å². The van der Waals surface area contributed by atoms with E-state index < -0.39 is 0 Å². The van der Waals surface area contributed by atoms with E-state index in [4.69, 9.17) is 0 Å². The maximum atomic E-state index is 10.6. The summed E-state index contributed by atoms with van der Waals surface area (Å²) in [6.45, 7) is 6.34. The third-order valence-corrected chi connectivity index (χ3v) is 1.66. The SMILES string of the molecule is CC(=[18O])[13CH2]N1CCNCC1. The molecule has 0 unspecified atom stereocenters. The minimum Gasteiger partial charge on any atom is -0.314 e. The summed E-state index contributed by atoms with van der Waals surface area (Å²) in [6.07, 6.45) is 0. The van der Waals surface area contributed by atoms with E-state index in [9.17, 15) is 4.79 Å². The first-order valence-electron chi connectivity index (χ1n) is 3.71. The maximum Gasteiger partial charge on any atom is 0.143 e. The van der Waals surface area contributed by atoms with Gasteiger partial charge >= 0.3 is 0 Å². The van der Waals surface area contributed by atoms with Crippen molar-refractivity contribution in [3.8, 4) is 0 Å². The Balaban J connectivity index is 2.19. The number of hydrogen-bond acceptors (Lipinski definition) is 3. The fraction of sp³-hybridized carbons (Fsp3) is 0.857. The zero-order valence-electron chi connectivity index (χ0n) is 6.39. The molecule has 0 aromatic heterocycles. The van der Waals surface area contributed by atoms with Crippen LogP contribution in [0.1, 0.15) is 6.92 Å². The van der Waals surface area contributed by atoms with Gasteiger partial charge < -0.3 is 5.32 Å². The smallest absolute Gasteiger partial charge is 0.143 e. The van der Waals surface area contributed by atoms with Crippen molar-refractivity contribution in [3.05, 3.63) is 0 Å². The van der Waals surface area contributed by atoms with Crippen LogP contribution in [0.15, 0.2) is 0 Å². The number of rotatable bonds is 2. The van der Waals surface area contributed by atoms with Gasteiger partial charge in [-0.15, -0.1) is 0 Å². The fourth-order valence-electron chi connectivity index (χ4n) is 1.18. The van der Waals surface area contributed by atoms with Crippen molar-refractivity contribution in [2.75, 3.05) is 32.7 Å². The van der Waals surface area contributed by atoms with Gasteiger partial charge in [0.25, 0.3) is 0 Å². The molecule has 0 atom stereocenters. The van der Waals surface area contributed by atoms with E-state index in [1.54, 1.807) is 6.92 Å². The number of carbonyl (C=O) groups excluding carboxylic acids is 1. The van der Waals surface area contributed by atoms with Crippen LogP contribution in [0, 0.1) is 0 Å². The molecule has 1 rings (SSSR count). The predicted molar refractivity (Wildman–Crippen MR) is 40.0 cm³/mol. The van der Waals surface area contributed by atoms with E-state index >= 15 is 0 Å². The second-order valence-electron chi connectivity index (χ2n) is 2.73. The lowest BCUT2D eigenvalue weighted by Gasteiger charge is -2.25. The monoisotopic (exact) mass is 145 g/mol. The molecular formula is C7H14N2O. The van der Waals surface area contributed by atoms with Gasteiger partial charge in [-0.05, 0) is 6.92 Å². The van der Waals surface area contributed by atoms with Crippen molar-refractivity contribution in [1.29, 1.82) is 0 Å². The van der Waals surface area contributed by atoms with E-state index in [0.717, 1.165) is 26.2 Å². The van der Waals surface area contributed by atoms with E-state index in [1.165, 1.54) is 0 Å². The highest BCUT2D eigenvalue weighted by molar-refractivity contribution is 5.77. The number of Topliss-reactive ketones (excluding diaryl/α,β-unsaturated/α-hetero) is 1. The van der Waals surface area contributed by atoms with E-state index in [0.29, 0.717) is 6.54 Å². The molecule has 1 N–H and O–H groups in total. The molecule has 0 saturated carbocycles. The second-order valence-corrected chi connectivity index (χ2v) is 2.73. The van der Waals surface area contributed by atoms with Crippen LogP contribution < -0.4 is 5.32 Å². The molecule has 0 spiro atoms. The van der Waals surface area contributed by atoms with Gasteiger partial charge in [-0.25, -0.2) is 0 Å². The molecule has 10 heavy (non-hydrogen) atoms. The van der Waals surface area contributed by atoms with Gasteiger partial charge in [0.15, 0.2) is 0 Å². The van der Waals surface area contributed by atoms with Crippen LogP contribution >= 0.6 is 0 Å². The van der Waals surface area contributed by atoms with Gasteiger partial charge in [0.05, 0.1) is 6.54 Å². The molecule has 3 nitrogen and oxygen atoms in total. The molecule has 0 aromatic rings. The first-order valence-corrected chi connectivity index (χ1v) is 3.71. The molecule has 1 aliphatic heterocycles. The summed E-state index contributed by atoms with van der Waals surface area (Å²) in [7, 11) is 0. The number of hydrogen-bond donors (Lipinski definition) is 1. The first-order chi connectivity index (χ1) is 4.79. The quantitative estimate of drug-likeness (QED) is 0.419. The topological polar surface area (TPSA) is 32.3 Å². The minimum atomic E-state index is 0.266. The summed E-state index contributed by atoms with van der Waals surface area (Å²) < 4.78 is 0. The van der Waals surface area contributed by atoms with Crippen LogP contribution in [0.3, 0.4) is 0 Å². The Morgan fingerprint density at radius 2 is 2.10 bits per heavy atom. The van der Waals surface area contributed by atoms with Crippen LogP contribution in [0.4, 0.5) is 0 Å². The van der Waals surface area contributed by atoms with Crippen LogP contribution in [0.5, 0.6) is 0 Å².